The summed E-state index contributed by atoms with van der Waals surface area (Å²) >= 11 is 0. The zero-order valence-corrected chi connectivity index (χ0v) is 16.3. The number of hydrogen-bond donors (Lipinski definition) is 2. The Kier molecular flexibility index (Phi) is 6.03. The second kappa shape index (κ2) is 8.65. The number of fused-ring (bicyclic) bond motifs is 1. The molecule has 0 saturated carbocycles. The second-order valence-corrected chi connectivity index (χ2v) is 6.57. The minimum atomic E-state index is -0.599. The van der Waals surface area contributed by atoms with Crippen molar-refractivity contribution in [3.8, 4) is 11.5 Å². The maximum absolute atomic E-state index is 12.8. The quantitative estimate of drug-likeness (QED) is 0.831. The van der Waals surface area contributed by atoms with Crippen molar-refractivity contribution in [3.05, 3.63) is 53.6 Å². The number of amides is 3. The van der Waals surface area contributed by atoms with Gasteiger partial charge in [-0.25, -0.2) is 4.79 Å². The summed E-state index contributed by atoms with van der Waals surface area (Å²) in [5, 5.41) is 5.48. The van der Waals surface area contributed by atoms with Gasteiger partial charge >= 0.3 is 6.03 Å². The van der Waals surface area contributed by atoms with E-state index < -0.39 is 6.10 Å². The Morgan fingerprint density at radius 2 is 2.07 bits per heavy atom. The van der Waals surface area contributed by atoms with E-state index in [1.165, 1.54) is 0 Å². The van der Waals surface area contributed by atoms with Gasteiger partial charge in [-0.3, -0.25) is 4.79 Å². The molecule has 28 heavy (non-hydrogen) atoms. The molecule has 3 rings (SSSR count). The average molecular weight is 383 g/mol. The first-order valence-corrected chi connectivity index (χ1v) is 9.27. The summed E-state index contributed by atoms with van der Waals surface area (Å²) in [5.41, 5.74) is 2.40. The van der Waals surface area contributed by atoms with Crippen molar-refractivity contribution in [2.45, 2.75) is 33.0 Å². The molecule has 1 heterocycles. The summed E-state index contributed by atoms with van der Waals surface area (Å²) in [5.74, 6) is 1.28. The zero-order chi connectivity index (χ0) is 20.1. The largest absolute Gasteiger partial charge is 0.496 e. The van der Waals surface area contributed by atoms with Gasteiger partial charge in [-0.1, -0.05) is 18.2 Å². The lowest BCUT2D eigenvalue weighted by Crippen LogP contribution is -2.37. The Morgan fingerprint density at radius 1 is 1.29 bits per heavy atom. The van der Waals surface area contributed by atoms with E-state index in [4.69, 9.17) is 9.47 Å². The molecule has 0 bridgehead atoms. The van der Waals surface area contributed by atoms with Crippen molar-refractivity contribution in [2.75, 3.05) is 19.0 Å². The highest BCUT2D eigenvalue weighted by molar-refractivity contribution is 5.89. The fourth-order valence-corrected chi connectivity index (χ4v) is 3.19. The number of ether oxygens (including phenoxy) is 2. The van der Waals surface area contributed by atoms with E-state index in [0.717, 1.165) is 16.9 Å². The molecule has 7 heteroatoms. The highest BCUT2D eigenvalue weighted by Gasteiger charge is 2.28. The maximum atomic E-state index is 12.8. The minimum absolute atomic E-state index is 0.0969. The predicted octanol–water partition coefficient (Wildman–Crippen LogP) is 3.15. The van der Waals surface area contributed by atoms with E-state index in [9.17, 15) is 9.59 Å². The summed E-state index contributed by atoms with van der Waals surface area (Å²) in [6.07, 6.45) is -0.599. The number of hydrogen-bond acceptors (Lipinski definition) is 4. The lowest BCUT2D eigenvalue weighted by Gasteiger charge is -2.23. The molecule has 7 nitrogen and oxygen atoms in total. The molecule has 2 N–H and O–H groups in total. The fourth-order valence-electron chi connectivity index (χ4n) is 3.19. The summed E-state index contributed by atoms with van der Waals surface area (Å²) in [6.45, 7) is 4.92. The minimum Gasteiger partial charge on any atom is -0.496 e. The van der Waals surface area contributed by atoms with Gasteiger partial charge in [-0.2, -0.15) is 0 Å². The van der Waals surface area contributed by atoms with E-state index in [-0.39, 0.29) is 11.9 Å². The summed E-state index contributed by atoms with van der Waals surface area (Å²) < 4.78 is 11.3. The molecule has 148 valence electrons. The maximum Gasteiger partial charge on any atom is 0.319 e. The van der Waals surface area contributed by atoms with Gasteiger partial charge in [0.2, 0.25) is 0 Å². The number of methoxy groups -OCH3 is 1. The Hall–Kier alpha value is -3.22. The molecule has 3 amide bonds. The molecule has 0 radical (unpaired) electrons. The molecule has 1 aliphatic heterocycles. The molecule has 1 atom stereocenters. The van der Waals surface area contributed by atoms with Crippen molar-refractivity contribution in [1.29, 1.82) is 0 Å². The normalized spacial score (nSPS) is 15.9. The third-order valence-electron chi connectivity index (χ3n) is 4.53. The van der Waals surface area contributed by atoms with Gasteiger partial charge in [0.1, 0.15) is 11.5 Å². The van der Waals surface area contributed by atoms with Crippen molar-refractivity contribution < 1.29 is 19.1 Å². The highest BCUT2D eigenvalue weighted by atomic mass is 16.5. The van der Waals surface area contributed by atoms with Crippen molar-refractivity contribution >= 4 is 17.6 Å². The van der Waals surface area contributed by atoms with E-state index >= 15 is 0 Å². The fraction of sp³-hybridized carbons (Fsp3) is 0.333. The van der Waals surface area contributed by atoms with Crippen LogP contribution in [0.4, 0.5) is 10.5 Å². The third-order valence-corrected chi connectivity index (χ3v) is 4.53. The Bertz CT molecular complexity index is 868. The molecule has 0 saturated heterocycles. The molecular weight excluding hydrogens is 358 g/mol. The number of para-hydroxylation sites is 1. The van der Waals surface area contributed by atoms with Gasteiger partial charge < -0.3 is 25.0 Å². The molecule has 0 fully saturated rings. The number of urea groups is 1. The second-order valence-electron chi connectivity index (χ2n) is 6.57. The SMILES string of the molecule is CCNC(=O)Nc1ccc2c(c1)CN(Cc1ccccc1OC)C(=O)C(C)O2. The summed E-state index contributed by atoms with van der Waals surface area (Å²) in [6, 6.07) is 12.7. The van der Waals surface area contributed by atoms with Gasteiger partial charge in [0.15, 0.2) is 6.10 Å². The first kappa shape index (κ1) is 19.5. The van der Waals surface area contributed by atoms with Crippen LogP contribution in [0.1, 0.15) is 25.0 Å². The lowest BCUT2D eigenvalue weighted by atomic mass is 10.1. The number of carbonyl (C=O) groups is 2. The van der Waals surface area contributed by atoms with Crippen LogP contribution in [0.15, 0.2) is 42.5 Å². The van der Waals surface area contributed by atoms with Crippen molar-refractivity contribution in [3.63, 3.8) is 0 Å². The highest BCUT2D eigenvalue weighted by Crippen LogP contribution is 2.30. The van der Waals surface area contributed by atoms with Crippen LogP contribution >= 0.6 is 0 Å². The number of nitrogens with one attached hydrogen (secondary N) is 2. The lowest BCUT2D eigenvalue weighted by molar-refractivity contribution is -0.138. The van der Waals surface area contributed by atoms with Gasteiger partial charge in [0.05, 0.1) is 7.11 Å². The first-order valence-electron chi connectivity index (χ1n) is 9.27. The van der Waals surface area contributed by atoms with E-state index in [2.05, 4.69) is 10.6 Å². The molecule has 0 aromatic heterocycles. The van der Waals surface area contributed by atoms with Gasteiger partial charge in [-0.05, 0) is 38.1 Å². The smallest absolute Gasteiger partial charge is 0.319 e. The Balaban J connectivity index is 1.86. The molecule has 2 aromatic rings. The van der Waals surface area contributed by atoms with Crippen LogP contribution in [0.25, 0.3) is 0 Å². The van der Waals surface area contributed by atoms with Gasteiger partial charge in [0, 0.05) is 36.4 Å². The van der Waals surface area contributed by atoms with Crippen LogP contribution in [0, 0.1) is 0 Å². The third kappa shape index (κ3) is 4.36. The number of anilines is 1. The van der Waals surface area contributed by atoms with Crippen LogP contribution in [0.3, 0.4) is 0 Å². The Morgan fingerprint density at radius 3 is 2.82 bits per heavy atom. The van der Waals surface area contributed by atoms with E-state index in [1.807, 2.05) is 37.3 Å². The van der Waals surface area contributed by atoms with Crippen LogP contribution < -0.4 is 20.1 Å². The van der Waals surface area contributed by atoms with Crippen LogP contribution in [0.5, 0.6) is 11.5 Å². The average Bonchev–Trinajstić information content (AvgIpc) is 2.79. The van der Waals surface area contributed by atoms with Crippen LogP contribution in [0.2, 0.25) is 0 Å². The van der Waals surface area contributed by atoms with Crippen LogP contribution in [-0.4, -0.2) is 36.6 Å². The number of nitrogens with zero attached hydrogens (tertiary/aromatic N) is 1. The molecule has 1 unspecified atom stereocenters. The molecule has 1 aliphatic rings. The van der Waals surface area contributed by atoms with Gasteiger partial charge in [0.25, 0.3) is 5.91 Å². The standard InChI is InChI=1S/C21H25N3O4/c1-4-22-21(26)23-17-9-10-19-16(11-17)13-24(20(25)14(2)28-19)12-15-7-5-6-8-18(15)27-3/h5-11,14H,4,12-13H2,1-3H3,(H2,22,23,26). The number of benzene rings is 2. The number of carbonyl (C=O) groups excluding carboxylic acids is 2. The predicted molar refractivity (Wildman–Crippen MR) is 106 cm³/mol. The van der Waals surface area contributed by atoms with Gasteiger partial charge in [-0.15, -0.1) is 0 Å². The van der Waals surface area contributed by atoms with E-state index in [1.54, 1.807) is 31.1 Å². The van der Waals surface area contributed by atoms with Crippen LogP contribution in [-0.2, 0) is 17.9 Å². The van der Waals surface area contributed by atoms with E-state index in [0.29, 0.717) is 31.1 Å². The van der Waals surface area contributed by atoms with Crippen molar-refractivity contribution in [2.24, 2.45) is 0 Å². The molecular formula is C21H25N3O4. The Labute approximate surface area is 164 Å². The number of rotatable bonds is 5. The zero-order valence-electron chi connectivity index (χ0n) is 16.3. The summed E-state index contributed by atoms with van der Waals surface area (Å²) in [4.78, 5) is 26.4. The first-order chi connectivity index (χ1) is 13.5. The molecule has 0 aliphatic carbocycles. The monoisotopic (exact) mass is 383 g/mol. The van der Waals surface area contributed by atoms with Crippen molar-refractivity contribution in [1.82, 2.24) is 10.2 Å². The summed E-state index contributed by atoms with van der Waals surface area (Å²) in [7, 11) is 1.61. The molecule has 2 aromatic carbocycles. The topological polar surface area (TPSA) is 79.9 Å². The molecule has 0 spiro atoms.